The third-order valence-corrected chi connectivity index (χ3v) is 3.54. The van der Waals surface area contributed by atoms with Gasteiger partial charge in [-0.25, -0.2) is 0 Å². The Morgan fingerprint density at radius 1 is 1.26 bits per heavy atom. The van der Waals surface area contributed by atoms with Crippen molar-refractivity contribution in [2.75, 3.05) is 6.54 Å². The highest BCUT2D eigenvalue weighted by atomic mass is 19.4. The zero-order valence-corrected chi connectivity index (χ0v) is 13.5. The highest BCUT2D eigenvalue weighted by Gasteiger charge is 2.30. The molecule has 0 saturated carbocycles. The molecule has 2 N–H and O–H groups in total. The first kappa shape index (κ1) is 19.5. The predicted octanol–water partition coefficient (Wildman–Crippen LogP) is 4.12. The maximum absolute atomic E-state index is 12.6. The Morgan fingerprint density at radius 2 is 1.96 bits per heavy atom. The Hall–Kier alpha value is -1.56. The van der Waals surface area contributed by atoms with Crippen LogP contribution in [0.4, 0.5) is 13.2 Å². The van der Waals surface area contributed by atoms with Crippen LogP contribution in [0, 0.1) is 5.92 Å². The second kappa shape index (κ2) is 8.91. The van der Waals surface area contributed by atoms with Gasteiger partial charge in [0.05, 0.1) is 5.56 Å². The summed E-state index contributed by atoms with van der Waals surface area (Å²) in [7, 11) is 0. The lowest BCUT2D eigenvalue weighted by atomic mass is 10.0. The van der Waals surface area contributed by atoms with E-state index in [4.69, 9.17) is 5.11 Å². The van der Waals surface area contributed by atoms with Crippen LogP contribution in [0.3, 0.4) is 0 Å². The highest BCUT2D eigenvalue weighted by molar-refractivity contribution is 5.73. The Kier molecular flexibility index (Phi) is 7.55. The quantitative estimate of drug-likeness (QED) is 0.669. The Bertz CT molecular complexity index is 501. The summed E-state index contributed by atoms with van der Waals surface area (Å²) in [5.41, 5.74) is 0.0211. The molecule has 0 aliphatic heterocycles. The molecule has 1 aromatic carbocycles. The molecule has 1 aromatic rings. The first-order valence-corrected chi connectivity index (χ1v) is 7.82. The Balaban J connectivity index is 2.36. The minimum atomic E-state index is -4.32. The fourth-order valence-corrected chi connectivity index (χ4v) is 2.38. The third kappa shape index (κ3) is 7.50. The number of carboxylic acids is 1. The fourth-order valence-electron chi connectivity index (χ4n) is 2.38. The summed E-state index contributed by atoms with van der Waals surface area (Å²) in [6.45, 7) is 4.47. The first-order chi connectivity index (χ1) is 10.7. The normalized spacial score (nSPS) is 13.3. The molecule has 1 atom stereocenters. The molecule has 0 fully saturated rings. The van der Waals surface area contributed by atoms with Crippen molar-refractivity contribution >= 4 is 5.97 Å². The average Bonchev–Trinajstić information content (AvgIpc) is 2.44. The van der Waals surface area contributed by atoms with Crippen LogP contribution >= 0.6 is 0 Å². The molecule has 0 bridgehead atoms. The number of unbranched alkanes of at least 4 members (excludes halogenated alkanes) is 1. The van der Waals surface area contributed by atoms with Crippen LogP contribution in [-0.4, -0.2) is 23.7 Å². The molecule has 0 amide bonds. The smallest absolute Gasteiger partial charge is 0.416 e. The molecule has 0 heterocycles. The van der Waals surface area contributed by atoms with Crippen molar-refractivity contribution in [2.24, 2.45) is 5.92 Å². The standard InChI is InChI=1S/C17H24F3NO2/c1-12(2)10-15(16(22)23)21-9-4-3-6-13-7-5-8-14(11-13)17(18,19)20/h5,7-8,11-12,15,21H,3-4,6,9-10H2,1-2H3,(H,22,23). The average molecular weight is 331 g/mol. The van der Waals surface area contributed by atoms with Gasteiger partial charge in [0.1, 0.15) is 6.04 Å². The van der Waals surface area contributed by atoms with Crippen LogP contribution in [0.1, 0.15) is 44.2 Å². The molecule has 3 nitrogen and oxygen atoms in total. The summed E-state index contributed by atoms with van der Waals surface area (Å²) < 4.78 is 37.8. The number of halogens is 3. The fraction of sp³-hybridized carbons (Fsp3) is 0.588. The van der Waals surface area contributed by atoms with Gasteiger partial charge >= 0.3 is 12.1 Å². The molecule has 6 heteroatoms. The second-order valence-corrected chi connectivity index (χ2v) is 6.13. The van der Waals surface area contributed by atoms with Gasteiger partial charge in [0, 0.05) is 0 Å². The number of aryl methyl sites for hydroxylation is 1. The lowest BCUT2D eigenvalue weighted by molar-refractivity contribution is -0.140. The molecule has 0 aliphatic rings. The summed E-state index contributed by atoms with van der Waals surface area (Å²) >= 11 is 0. The second-order valence-electron chi connectivity index (χ2n) is 6.13. The van der Waals surface area contributed by atoms with E-state index in [1.807, 2.05) is 13.8 Å². The molecule has 0 saturated heterocycles. The number of hydrogen-bond acceptors (Lipinski definition) is 2. The van der Waals surface area contributed by atoms with Crippen molar-refractivity contribution in [1.29, 1.82) is 0 Å². The van der Waals surface area contributed by atoms with Gasteiger partial charge in [0.15, 0.2) is 0 Å². The zero-order chi connectivity index (χ0) is 17.5. The maximum atomic E-state index is 12.6. The summed E-state index contributed by atoms with van der Waals surface area (Å²) in [5, 5.41) is 12.1. The SMILES string of the molecule is CC(C)CC(NCCCCc1cccc(C(F)(F)F)c1)C(=O)O. The van der Waals surface area contributed by atoms with Gasteiger partial charge in [0.25, 0.3) is 0 Å². The van der Waals surface area contributed by atoms with E-state index in [-0.39, 0.29) is 5.92 Å². The van der Waals surface area contributed by atoms with Gasteiger partial charge in [0.2, 0.25) is 0 Å². The van der Waals surface area contributed by atoms with E-state index in [0.29, 0.717) is 31.4 Å². The number of aliphatic carboxylic acids is 1. The van der Waals surface area contributed by atoms with E-state index >= 15 is 0 Å². The molecular formula is C17H24F3NO2. The summed E-state index contributed by atoms with van der Waals surface area (Å²) in [5.74, 6) is -0.578. The molecule has 0 spiro atoms. The van der Waals surface area contributed by atoms with Crippen molar-refractivity contribution in [1.82, 2.24) is 5.32 Å². The van der Waals surface area contributed by atoms with Gasteiger partial charge in [-0.2, -0.15) is 13.2 Å². The van der Waals surface area contributed by atoms with Crippen LogP contribution in [0.2, 0.25) is 0 Å². The van der Waals surface area contributed by atoms with Crippen molar-refractivity contribution in [2.45, 2.75) is 51.7 Å². The number of carboxylic acid groups (broad SMARTS) is 1. The van der Waals surface area contributed by atoms with Crippen LogP contribution in [-0.2, 0) is 17.4 Å². The largest absolute Gasteiger partial charge is 0.480 e. The van der Waals surface area contributed by atoms with Crippen LogP contribution in [0.15, 0.2) is 24.3 Å². The summed E-state index contributed by atoms with van der Waals surface area (Å²) in [6, 6.07) is 4.77. The van der Waals surface area contributed by atoms with E-state index in [2.05, 4.69) is 5.32 Å². The lowest BCUT2D eigenvalue weighted by Gasteiger charge is -2.16. The van der Waals surface area contributed by atoms with Gasteiger partial charge in [-0.05, 0) is 49.8 Å². The van der Waals surface area contributed by atoms with E-state index in [9.17, 15) is 18.0 Å². The third-order valence-electron chi connectivity index (χ3n) is 3.54. The van der Waals surface area contributed by atoms with Gasteiger partial charge in [-0.3, -0.25) is 4.79 Å². The van der Waals surface area contributed by atoms with Crippen molar-refractivity contribution in [3.8, 4) is 0 Å². The Morgan fingerprint density at radius 3 is 2.52 bits per heavy atom. The maximum Gasteiger partial charge on any atom is 0.416 e. The van der Waals surface area contributed by atoms with Crippen LogP contribution < -0.4 is 5.32 Å². The minimum Gasteiger partial charge on any atom is -0.480 e. The minimum absolute atomic E-state index is 0.286. The number of rotatable bonds is 9. The first-order valence-electron chi connectivity index (χ1n) is 7.82. The van der Waals surface area contributed by atoms with Crippen molar-refractivity contribution < 1.29 is 23.1 Å². The number of nitrogens with one attached hydrogen (secondary N) is 1. The predicted molar refractivity (Wildman–Crippen MR) is 83.3 cm³/mol. The number of benzene rings is 1. The van der Waals surface area contributed by atoms with Gasteiger partial charge < -0.3 is 10.4 Å². The highest BCUT2D eigenvalue weighted by Crippen LogP contribution is 2.29. The molecule has 1 unspecified atom stereocenters. The molecular weight excluding hydrogens is 307 g/mol. The molecule has 0 aliphatic carbocycles. The summed E-state index contributed by atoms with van der Waals surface area (Å²) in [4.78, 5) is 11.1. The van der Waals surface area contributed by atoms with Gasteiger partial charge in [-0.1, -0.05) is 32.0 Å². The number of carbonyl (C=O) groups is 1. The van der Waals surface area contributed by atoms with Crippen LogP contribution in [0.5, 0.6) is 0 Å². The topological polar surface area (TPSA) is 49.3 Å². The molecule has 0 aromatic heterocycles. The monoisotopic (exact) mass is 331 g/mol. The van der Waals surface area contributed by atoms with E-state index < -0.39 is 23.8 Å². The lowest BCUT2D eigenvalue weighted by Crippen LogP contribution is -2.38. The van der Waals surface area contributed by atoms with E-state index in [1.165, 1.54) is 12.1 Å². The molecule has 23 heavy (non-hydrogen) atoms. The van der Waals surface area contributed by atoms with Crippen LogP contribution in [0.25, 0.3) is 0 Å². The van der Waals surface area contributed by atoms with E-state index in [0.717, 1.165) is 12.5 Å². The van der Waals surface area contributed by atoms with Crippen molar-refractivity contribution in [3.63, 3.8) is 0 Å². The summed E-state index contributed by atoms with van der Waals surface area (Å²) in [6.07, 6.45) is -1.78. The molecule has 130 valence electrons. The zero-order valence-electron chi connectivity index (χ0n) is 13.5. The molecule has 0 radical (unpaired) electrons. The number of alkyl halides is 3. The van der Waals surface area contributed by atoms with Gasteiger partial charge in [-0.15, -0.1) is 0 Å². The van der Waals surface area contributed by atoms with Crippen molar-refractivity contribution in [3.05, 3.63) is 35.4 Å². The van der Waals surface area contributed by atoms with E-state index in [1.54, 1.807) is 6.07 Å². The Labute approximate surface area is 134 Å². The molecule has 1 rings (SSSR count). The number of hydrogen-bond donors (Lipinski definition) is 2.